The number of carbonyl (C=O) groups is 1. The molecule has 6 heteroatoms. The van der Waals surface area contributed by atoms with Crippen LogP contribution in [0.4, 0.5) is 5.69 Å². The van der Waals surface area contributed by atoms with Crippen LogP contribution in [-0.4, -0.2) is 43.0 Å². The number of benzene rings is 1. The Bertz CT molecular complexity index is 626. The second kappa shape index (κ2) is 8.50. The van der Waals surface area contributed by atoms with E-state index in [1.54, 1.807) is 12.3 Å². The predicted molar refractivity (Wildman–Crippen MR) is 93.9 cm³/mol. The minimum absolute atomic E-state index is 0.156. The van der Waals surface area contributed by atoms with Crippen molar-refractivity contribution >= 4 is 23.2 Å². The highest BCUT2D eigenvalue weighted by molar-refractivity contribution is 6.30. The Morgan fingerprint density at radius 3 is 2.52 bits per heavy atom. The molecule has 0 unspecified atom stereocenters. The molecule has 0 aliphatic rings. The van der Waals surface area contributed by atoms with Crippen molar-refractivity contribution < 1.29 is 4.79 Å². The maximum Gasteiger partial charge on any atom is 0.269 e. The molecular formula is C17H21ClN4O. The zero-order chi connectivity index (χ0) is 16.7. The predicted octanol–water partition coefficient (Wildman–Crippen LogP) is 2.64. The van der Waals surface area contributed by atoms with Gasteiger partial charge in [0.05, 0.1) is 11.9 Å². The van der Waals surface area contributed by atoms with Gasteiger partial charge in [-0.2, -0.15) is 0 Å². The molecule has 0 radical (unpaired) electrons. The van der Waals surface area contributed by atoms with Crippen molar-refractivity contribution in [3.8, 4) is 0 Å². The second-order valence-electron chi connectivity index (χ2n) is 5.47. The van der Waals surface area contributed by atoms with Gasteiger partial charge in [0, 0.05) is 24.7 Å². The molecule has 0 aliphatic carbocycles. The van der Waals surface area contributed by atoms with Gasteiger partial charge in [-0.25, -0.2) is 4.98 Å². The zero-order valence-corrected chi connectivity index (χ0v) is 14.1. The molecule has 0 aliphatic heterocycles. The minimum Gasteiger partial charge on any atom is -0.380 e. The molecule has 5 nitrogen and oxygen atoms in total. The molecule has 0 bridgehead atoms. The molecule has 1 amide bonds. The normalized spacial score (nSPS) is 10.6. The number of nitrogens with zero attached hydrogens (tertiary/aromatic N) is 2. The van der Waals surface area contributed by atoms with E-state index in [9.17, 15) is 4.79 Å². The molecule has 0 fully saturated rings. The number of carbonyl (C=O) groups excluding carboxylic acids is 1. The van der Waals surface area contributed by atoms with E-state index in [0.29, 0.717) is 18.8 Å². The number of aromatic nitrogens is 1. The average Bonchev–Trinajstić information content (AvgIpc) is 2.54. The van der Waals surface area contributed by atoms with E-state index < -0.39 is 0 Å². The number of hydrogen-bond acceptors (Lipinski definition) is 4. The van der Waals surface area contributed by atoms with Crippen molar-refractivity contribution in [1.29, 1.82) is 0 Å². The Balaban J connectivity index is 1.84. The summed E-state index contributed by atoms with van der Waals surface area (Å²) in [7, 11) is 3.93. The first-order chi connectivity index (χ1) is 11.0. The van der Waals surface area contributed by atoms with Gasteiger partial charge in [-0.15, -0.1) is 0 Å². The molecular weight excluding hydrogens is 312 g/mol. The fourth-order valence-corrected chi connectivity index (χ4v) is 2.05. The number of anilines is 1. The third-order valence-corrected chi connectivity index (χ3v) is 3.50. The first kappa shape index (κ1) is 17.2. The van der Waals surface area contributed by atoms with E-state index >= 15 is 0 Å². The van der Waals surface area contributed by atoms with Gasteiger partial charge >= 0.3 is 0 Å². The van der Waals surface area contributed by atoms with Crippen LogP contribution < -0.4 is 10.6 Å². The lowest BCUT2D eigenvalue weighted by molar-refractivity contribution is 0.0946. The van der Waals surface area contributed by atoms with Crippen LogP contribution in [0.25, 0.3) is 0 Å². The Hall–Kier alpha value is -2.11. The van der Waals surface area contributed by atoms with Crippen LogP contribution in [0.3, 0.4) is 0 Å². The summed E-state index contributed by atoms with van der Waals surface area (Å²) in [5, 5.41) is 6.82. The molecule has 23 heavy (non-hydrogen) atoms. The molecule has 0 saturated heterocycles. The van der Waals surface area contributed by atoms with Crippen LogP contribution in [0, 0.1) is 0 Å². The Kier molecular flexibility index (Phi) is 6.38. The molecule has 122 valence electrons. The minimum atomic E-state index is -0.156. The summed E-state index contributed by atoms with van der Waals surface area (Å²) < 4.78 is 0. The van der Waals surface area contributed by atoms with Crippen LogP contribution in [0.1, 0.15) is 16.1 Å². The summed E-state index contributed by atoms with van der Waals surface area (Å²) in [6, 6.07) is 11.2. The number of rotatable bonds is 7. The number of hydrogen-bond donors (Lipinski definition) is 2. The highest BCUT2D eigenvalue weighted by atomic mass is 35.5. The molecule has 1 aromatic carbocycles. The number of halogens is 1. The van der Waals surface area contributed by atoms with Crippen molar-refractivity contribution in [3.05, 3.63) is 58.9 Å². The lowest BCUT2D eigenvalue weighted by Crippen LogP contribution is -2.31. The SMILES string of the molecule is CN(C)CCNC(=O)c1ccc(NCc2ccc(Cl)cc2)cn1. The first-order valence-electron chi connectivity index (χ1n) is 7.42. The van der Waals surface area contributed by atoms with E-state index in [-0.39, 0.29) is 5.91 Å². The average molecular weight is 333 g/mol. The van der Waals surface area contributed by atoms with Crippen molar-refractivity contribution in [2.45, 2.75) is 6.54 Å². The van der Waals surface area contributed by atoms with Crippen LogP contribution in [0.5, 0.6) is 0 Å². The summed E-state index contributed by atoms with van der Waals surface area (Å²) in [5.74, 6) is -0.156. The largest absolute Gasteiger partial charge is 0.380 e. The Morgan fingerprint density at radius 1 is 1.17 bits per heavy atom. The summed E-state index contributed by atoms with van der Waals surface area (Å²) in [6.45, 7) is 2.07. The monoisotopic (exact) mass is 332 g/mol. The third kappa shape index (κ3) is 5.88. The highest BCUT2D eigenvalue weighted by Gasteiger charge is 2.06. The van der Waals surface area contributed by atoms with Gasteiger partial charge < -0.3 is 15.5 Å². The summed E-state index contributed by atoms with van der Waals surface area (Å²) in [5.41, 5.74) is 2.41. The van der Waals surface area contributed by atoms with Crippen LogP contribution in [0.15, 0.2) is 42.6 Å². The van der Waals surface area contributed by atoms with Crippen molar-refractivity contribution in [1.82, 2.24) is 15.2 Å². The van der Waals surface area contributed by atoms with E-state index in [1.165, 1.54) is 0 Å². The van der Waals surface area contributed by atoms with Gasteiger partial charge in [-0.3, -0.25) is 4.79 Å². The number of likely N-dealkylation sites (N-methyl/N-ethyl adjacent to an activating group) is 1. The van der Waals surface area contributed by atoms with Crippen molar-refractivity contribution in [2.24, 2.45) is 0 Å². The number of amides is 1. The first-order valence-corrected chi connectivity index (χ1v) is 7.79. The van der Waals surface area contributed by atoms with Crippen LogP contribution >= 0.6 is 11.6 Å². The molecule has 2 N–H and O–H groups in total. The molecule has 0 atom stereocenters. The van der Waals surface area contributed by atoms with Gasteiger partial charge in [-0.05, 0) is 43.9 Å². The van der Waals surface area contributed by atoms with Crippen molar-refractivity contribution in [3.63, 3.8) is 0 Å². The Labute approximate surface area is 141 Å². The molecule has 0 spiro atoms. The maximum absolute atomic E-state index is 11.9. The topological polar surface area (TPSA) is 57.3 Å². The summed E-state index contributed by atoms with van der Waals surface area (Å²) in [6.07, 6.45) is 1.66. The number of nitrogens with one attached hydrogen (secondary N) is 2. The third-order valence-electron chi connectivity index (χ3n) is 3.25. The van der Waals surface area contributed by atoms with E-state index in [0.717, 1.165) is 22.8 Å². The zero-order valence-electron chi connectivity index (χ0n) is 13.3. The molecule has 2 rings (SSSR count). The maximum atomic E-state index is 11.9. The van der Waals surface area contributed by atoms with Gasteiger partial charge in [0.15, 0.2) is 0 Å². The van der Waals surface area contributed by atoms with Gasteiger partial charge in [0.2, 0.25) is 0 Å². The molecule has 0 saturated carbocycles. The van der Waals surface area contributed by atoms with Crippen LogP contribution in [-0.2, 0) is 6.54 Å². The lowest BCUT2D eigenvalue weighted by atomic mass is 10.2. The summed E-state index contributed by atoms with van der Waals surface area (Å²) in [4.78, 5) is 18.1. The quantitative estimate of drug-likeness (QED) is 0.818. The smallest absolute Gasteiger partial charge is 0.269 e. The van der Waals surface area contributed by atoms with E-state index in [4.69, 9.17) is 11.6 Å². The molecule has 1 heterocycles. The lowest BCUT2D eigenvalue weighted by Gasteiger charge is -2.10. The van der Waals surface area contributed by atoms with E-state index in [1.807, 2.05) is 49.3 Å². The summed E-state index contributed by atoms with van der Waals surface area (Å²) >= 11 is 5.86. The van der Waals surface area contributed by atoms with Gasteiger partial charge in [0.1, 0.15) is 5.69 Å². The number of pyridine rings is 1. The molecule has 2 aromatic rings. The second-order valence-corrected chi connectivity index (χ2v) is 5.91. The Morgan fingerprint density at radius 2 is 1.91 bits per heavy atom. The van der Waals surface area contributed by atoms with Gasteiger partial charge in [0.25, 0.3) is 5.91 Å². The standard InChI is InChI=1S/C17H21ClN4O/c1-22(2)10-9-19-17(23)16-8-7-15(12-21-16)20-11-13-3-5-14(18)6-4-13/h3-8,12,20H,9-11H2,1-2H3,(H,19,23). The van der Waals surface area contributed by atoms with E-state index in [2.05, 4.69) is 15.6 Å². The van der Waals surface area contributed by atoms with Crippen molar-refractivity contribution in [2.75, 3.05) is 32.5 Å². The fourth-order valence-electron chi connectivity index (χ4n) is 1.92. The molecule has 1 aromatic heterocycles. The van der Waals surface area contributed by atoms with Gasteiger partial charge in [-0.1, -0.05) is 23.7 Å². The highest BCUT2D eigenvalue weighted by Crippen LogP contribution is 2.12. The fraction of sp³-hybridized carbons (Fsp3) is 0.294. The van der Waals surface area contributed by atoms with Crippen LogP contribution in [0.2, 0.25) is 5.02 Å².